The van der Waals surface area contributed by atoms with Gasteiger partial charge in [0.25, 0.3) is 5.91 Å². The predicted molar refractivity (Wildman–Crippen MR) is 112 cm³/mol. The number of amides is 1. The Morgan fingerprint density at radius 2 is 1.93 bits per heavy atom. The highest BCUT2D eigenvalue weighted by Crippen LogP contribution is 2.39. The number of para-hydroxylation sites is 1. The van der Waals surface area contributed by atoms with E-state index in [4.69, 9.17) is 10.5 Å². The minimum absolute atomic E-state index is 0.420. The number of pyridine rings is 1. The Balaban J connectivity index is 2.27. The lowest BCUT2D eigenvalue weighted by molar-refractivity contribution is 0.1000. The number of unbranched alkanes of at least 4 members (excludes halogenated alkanes) is 1. The third-order valence-corrected chi connectivity index (χ3v) is 5.07. The average Bonchev–Trinajstić information content (AvgIpc) is 2.98. The first-order valence-corrected chi connectivity index (χ1v) is 9.63. The minimum Gasteiger partial charge on any atom is -0.496 e. The Kier molecular flexibility index (Phi) is 6.14. The van der Waals surface area contributed by atoms with Crippen molar-refractivity contribution in [2.24, 2.45) is 5.73 Å². The lowest BCUT2D eigenvalue weighted by Crippen LogP contribution is -2.14. The molecule has 3 rings (SSSR count). The van der Waals surface area contributed by atoms with Gasteiger partial charge in [-0.25, -0.2) is 0 Å². The molecule has 3 aromatic rings. The van der Waals surface area contributed by atoms with Gasteiger partial charge >= 0.3 is 0 Å². The number of benzene rings is 1. The molecule has 2 aromatic heterocycles. The zero-order chi connectivity index (χ0) is 20.1. The Hall–Kier alpha value is -3.08. The fraction of sp³-hybridized carbons (Fsp3) is 0.304. The van der Waals surface area contributed by atoms with Crippen molar-refractivity contribution in [3.8, 4) is 16.9 Å². The molecule has 5 nitrogen and oxygen atoms in total. The highest BCUT2D eigenvalue weighted by atomic mass is 16.5. The summed E-state index contributed by atoms with van der Waals surface area (Å²) in [5.74, 6) is 0.314. The van der Waals surface area contributed by atoms with Crippen LogP contribution in [0.25, 0.3) is 11.1 Å². The summed E-state index contributed by atoms with van der Waals surface area (Å²) in [4.78, 5) is 16.9. The maximum Gasteiger partial charge on any atom is 0.251 e. The van der Waals surface area contributed by atoms with Crippen LogP contribution in [-0.4, -0.2) is 22.6 Å². The van der Waals surface area contributed by atoms with Crippen LogP contribution in [0, 0.1) is 6.92 Å². The van der Waals surface area contributed by atoms with Crippen LogP contribution in [0.5, 0.6) is 5.75 Å². The van der Waals surface area contributed by atoms with Crippen LogP contribution in [0.3, 0.4) is 0 Å². The van der Waals surface area contributed by atoms with Crippen LogP contribution < -0.4 is 10.5 Å². The third-order valence-electron chi connectivity index (χ3n) is 5.07. The van der Waals surface area contributed by atoms with Crippen molar-refractivity contribution in [3.63, 3.8) is 0 Å². The highest BCUT2D eigenvalue weighted by molar-refractivity contribution is 6.03. The van der Waals surface area contributed by atoms with Crippen molar-refractivity contribution in [2.45, 2.75) is 39.7 Å². The topological polar surface area (TPSA) is 70.1 Å². The van der Waals surface area contributed by atoms with E-state index in [1.807, 2.05) is 49.4 Å². The van der Waals surface area contributed by atoms with Gasteiger partial charge in [0.15, 0.2) is 0 Å². The number of primary amides is 1. The zero-order valence-electron chi connectivity index (χ0n) is 16.7. The van der Waals surface area contributed by atoms with Crippen molar-refractivity contribution < 1.29 is 9.53 Å². The van der Waals surface area contributed by atoms with Gasteiger partial charge in [-0.05, 0) is 38.0 Å². The summed E-state index contributed by atoms with van der Waals surface area (Å²) in [5.41, 5.74) is 11.1. The molecular weight excluding hydrogens is 350 g/mol. The normalized spacial score (nSPS) is 10.8. The molecule has 2 N–H and O–H groups in total. The Bertz CT molecular complexity index is 961. The van der Waals surface area contributed by atoms with Gasteiger partial charge in [0.05, 0.1) is 24.9 Å². The molecule has 5 heteroatoms. The number of nitrogens with two attached hydrogens (primary N) is 1. The van der Waals surface area contributed by atoms with Crippen molar-refractivity contribution in [3.05, 3.63) is 71.3 Å². The number of aromatic nitrogens is 2. The molecule has 28 heavy (non-hydrogen) atoms. The summed E-state index contributed by atoms with van der Waals surface area (Å²) in [5, 5.41) is 0. The van der Waals surface area contributed by atoms with E-state index < -0.39 is 5.91 Å². The number of carbonyl (C=O) groups excluding carboxylic acids is 1. The fourth-order valence-corrected chi connectivity index (χ4v) is 3.71. The largest absolute Gasteiger partial charge is 0.496 e. The molecule has 0 bridgehead atoms. The molecule has 0 atom stereocenters. The molecule has 0 aliphatic heterocycles. The van der Waals surface area contributed by atoms with Gasteiger partial charge in [0.1, 0.15) is 5.75 Å². The number of carbonyl (C=O) groups is 1. The molecule has 0 spiro atoms. The summed E-state index contributed by atoms with van der Waals surface area (Å²) in [6.07, 6.45) is 4.72. The van der Waals surface area contributed by atoms with E-state index in [9.17, 15) is 4.79 Å². The molecule has 146 valence electrons. The maximum absolute atomic E-state index is 12.5. The van der Waals surface area contributed by atoms with Crippen molar-refractivity contribution in [2.75, 3.05) is 7.11 Å². The predicted octanol–water partition coefficient (Wildman–Crippen LogP) is 4.36. The molecule has 1 aromatic carbocycles. The summed E-state index contributed by atoms with van der Waals surface area (Å²) >= 11 is 0. The van der Waals surface area contributed by atoms with Crippen LogP contribution in [0.2, 0.25) is 0 Å². The lowest BCUT2D eigenvalue weighted by Gasteiger charge is -2.14. The molecule has 0 fully saturated rings. The van der Waals surface area contributed by atoms with Crippen LogP contribution in [0.15, 0.2) is 48.7 Å². The van der Waals surface area contributed by atoms with E-state index in [0.29, 0.717) is 12.1 Å². The second-order valence-corrected chi connectivity index (χ2v) is 6.86. The SMILES string of the molecule is CCCCc1c(-c2ccccc2OC)c(C(N)=O)c(C)n1Cc1ccccn1. The first kappa shape index (κ1) is 19.7. The van der Waals surface area contributed by atoms with E-state index in [1.165, 1.54) is 0 Å². The van der Waals surface area contributed by atoms with E-state index in [0.717, 1.165) is 53.2 Å². The summed E-state index contributed by atoms with van der Waals surface area (Å²) in [7, 11) is 1.65. The van der Waals surface area contributed by atoms with E-state index in [-0.39, 0.29) is 0 Å². The smallest absolute Gasteiger partial charge is 0.251 e. The van der Waals surface area contributed by atoms with Gasteiger partial charge in [-0.1, -0.05) is 37.6 Å². The van der Waals surface area contributed by atoms with E-state index in [1.54, 1.807) is 13.3 Å². The van der Waals surface area contributed by atoms with Gasteiger partial charge in [-0.3, -0.25) is 9.78 Å². The van der Waals surface area contributed by atoms with Crippen molar-refractivity contribution in [1.82, 2.24) is 9.55 Å². The molecule has 0 aliphatic rings. The highest BCUT2D eigenvalue weighted by Gasteiger charge is 2.26. The molecule has 2 heterocycles. The molecule has 0 saturated carbocycles. The Labute approximate surface area is 166 Å². The van der Waals surface area contributed by atoms with Crippen LogP contribution in [0.1, 0.15) is 47.2 Å². The number of hydrogen-bond donors (Lipinski definition) is 1. The lowest BCUT2D eigenvalue weighted by atomic mass is 9.97. The van der Waals surface area contributed by atoms with E-state index >= 15 is 0 Å². The van der Waals surface area contributed by atoms with Gasteiger partial charge < -0.3 is 15.0 Å². The summed E-state index contributed by atoms with van der Waals surface area (Å²) in [6, 6.07) is 13.7. The van der Waals surface area contributed by atoms with Gasteiger partial charge in [-0.15, -0.1) is 0 Å². The van der Waals surface area contributed by atoms with E-state index in [2.05, 4.69) is 16.5 Å². The van der Waals surface area contributed by atoms with Gasteiger partial charge in [0.2, 0.25) is 0 Å². The molecule has 0 radical (unpaired) electrons. The Morgan fingerprint density at radius 3 is 2.57 bits per heavy atom. The first-order chi connectivity index (χ1) is 13.6. The molecule has 0 unspecified atom stereocenters. The second kappa shape index (κ2) is 8.74. The number of ether oxygens (including phenoxy) is 1. The quantitative estimate of drug-likeness (QED) is 0.634. The van der Waals surface area contributed by atoms with Crippen molar-refractivity contribution in [1.29, 1.82) is 0 Å². The standard InChI is InChI=1S/C23H27N3O2/c1-4-5-12-19-22(18-11-6-7-13-20(18)28-3)21(23(24)27)16(2)26(19)15-17-10-8-9-14-25-17/h6-11,13-14H,4-5,12,15H2,1-3H3,(H2,24,27). The number of methoxy groups -OCH3 is 1. The van der Waals surface area contributed by atoms with Gasteiger partial charge in [0, 0.05) is 28.7 Å². The molecule has 0 aliphatic carbocycles. The summed E-state index contributed by atoms with van der Waals surface area (Å²) < 4.78 is 7.77. The number of hydrogen-bond acceptors (Lipinski definition) is 3. The minimum atomic E-state index is -0.420. The fourth-order valence-electron chi connectivity index (χ4n) is 3.71. The maximum atomic E-state index is 12.5. The summed E-state index contributed by atoms with van der Waals surface area (Å²) in [6.45, 7) is 4.72. The molecular formula is C23H27N3O2. The second-order valence-electron chi connectivity index (χ2n) is 6.86. The third kappa shape index (κ3) is 3.79. The number of rotatable bonds is 8. The zero-order valence-corrected chi connectivity index (χ0v) is 16.7. The van der Waals surface area contributed by atoms with Crippen molar-refractivity contribution >= 4 is 5.91 Å². The average molecular weight is 377 g/mol. The number of nitrogens with zero attached hydrogens (tertiary/aromatic N) is 2. The first-order valence-electron chi connectivity index (χ1n) is 9.63. The molecule has 0 saturated heterocycles. The monoisotopic (exact) mass is 377 g/mol. The van der Waals surface area contributed by atoms with Gasteiger partial charge in [-0.2, -0.15) is 0 Å². The van der Waals surface area contributed by atoms with Crippen LogP contribution in [0.4, 0.5) is 0 Å². The van der Waals surface area contributed by atoms with Crippen LogP contribution >= 0.6 is 0 Å². The Morgan fingerprint density at radius 1 is 1.18 bits per heavy atom. The van der Waals surface area contributed by atoms with Crippen LogP contribution in [-0.2, 0) is 13.0 Å². The molecule has 1 amide bonds.